The largest absolute Gasteiger partial charge is 0.376 e. The van der Waals surface area contributed by atoms with Crippen molar-refractivity contribution in [2.24, 2.45) is 0 Å². The molecule has 1 nitrogen and oxygen atoms in total. The molecule has 0 saturated heterocycles. The molecule has 0 saturated carbocycles. The van der Waals surface area contributed by atoms with E-state index >= 15 is 0 Å². The third kappa shape index (κ3) is 4.45. The van der Waals surface area contributed by atoms with Gasteiger partial charge in [-0.1, -0.05) is 42.5 Å². The Morgan fingerprint density at radius 2 is 2.00 bits per heavy atom. The van der Waals surface area contributed by atoms with Gasteiger partial charge in [-0.05, 0) is 12.0 Å². The zero-order valence-electron chi connectivity index (χ0n) is 8.21. The van der Waals surface area contributed by atoms with E-state index in [-0.39, 0.29) is 0 Å². The number of ether oxygens (including phenoxy) is 1. The molecular formula is C12H15ClO. The van der Waals surface area contributed by atoms with Crippen LogP contribution < -0.4 is 0 Å². The minimum Gasteiger partial charge on any atom is -0.376 e. The van der Waals surface area contributed by atoms with Crippen LogP contribution in [0.4, 0.5) is 0 Å². The highest BCUT2D eigenvalue weighted by molar-refractivity contribution is 6.19. The summed E-state index contributed by atoms with van der Waals surface area (Å²) in [4.78, 5) is 0. The summed E-state index contributed by atoms with van der Waals surface area (Å²) in [7, 11) is 0. The smallest absolute Gasteiger partial charge is 0.0717 e. The molecule has 1 aromatic carbocycles. The zero-order chi connectivity index (χ0) is 10.2. The first-order chi connectivity index (χ1) is 6.83. The van der Waals surface area contributed by atoms with E-state index in [0.717, 1.165) is 12.0 Å². The van der Waals surface area contributed by atoms with E-state index in [1.54, 1.807) is 0 Å². The predicted molar refractivity (Wildman–Crippen MR) is 60.6 cm³/mol. The van der Waals surface area contributed by atoms with Gasteiger partial charge in [0.15, 0.2) is 0 Å². The first-order valence-electron chi connectivity index (χ1n) is 4.67. The molecule has 0 heterocycles. The van der Waals surface area contributed by atoms with Gasteiger partial charge in [0, 0.05) is 5.88 Å². The van der Waals surface area contributed by atoms with Crippen molar-refractivity contribution in [1.29, 1.82) is 0 Å². The van der Waals surface area contributed by atoms with E-state index in [1.807, 2.05) is 18.2 Å². The molecule has 0 aromatic heterocycles. The maximum atomic E-state index is 5.59. The van der Waals surface area contributed by atoms with Gasteiger partial charge in [-0.3, -0.25) is 0 Å². The van der Waals surface area contributed by atoms with E-state index in [4.69, 9.17) is 16.3 Å². The minimum atomic E-state index is 0.523. The maximum Gasteiger partial charge on any atom is 0.0717 e. The lowest BCUT2D eigenvalue weighted by Crippen LogP contribution is -1.97. The van der Waals surface area contributed by atoms with Crippen LogP contribution in [0.1, 0.15) is 12.0 Å². The van der Waals surface area contributed by atoms with Gasteiger partial charge in [-0.25, -0.2) is 0 Å². The van der Waals surface area contributed by atoms with Crippen molar-refractivity contribution in [3.05, 3.63) is 48.0 Å². The molecule has 76 valence electrons. The van der Waals surface area contributed by atoms with E-state index in [2.05, 4.69) is 18.7 Å². The van der Waals surface area contributed by atoms with Gasteiger partial charge >= 0.3 is 0 Å². The summed E-state index contributed by atoms with van der Waals surface area (Å²) in [6, 6.07) is 10.1. The third-order valence-corrected chi connectivity index (χ3v) is 2.28. The Balaban J connectivity index is 2.13. The highest BCUT2D eigenvalue weighted by Crippen LogP contribution is 2.04. The van der Waals surface area contributed by atoms with Crippen LogP contribution in [0.3, 0.4) is 0 Å². The second-order valence-corrected chi connectivity index (χ2v) is 3.44. The average Bonchev–Trinajstić information content (AvgIpc) is 2.25. The van der Waals surface area contributed by atoms with Crippen LogP contribution in [0, 0.1) is 0 Å². The molecule has 0 fully saturated rings. The standard InChI is InChI=1S/C12H15ClO/c1-11(9-13)7-8-14-10-12-5-3-2-4-6-12/h2-6H,1,7-10H2. The van der Waals surface area contributed by atoms with E-state index < -0.39 is 0 Å². The molecule has 0 aliphatic carbocycles. The minimum absolute atomic E-state index is 0.523. The topological polar surface area (TPSA) is 9.23 Å². The fourth-order valence-electron chi connectivity index (χ4n) is 1.05. The molecule has 0 spiro atoms. The van der Waals surface area contributed by atoms with Crippen LogP contribution in [-0.2, 0) is 11.3 Å². The quantitative estimate of drug-likeness (QED) is 0.397. The summed E-state index contributed by atoms with van der Waals surface area (Å²) in [6.45, 7) is 5.16. The van der Waals surface area contributed by atoms with Crippen molar-refractivity contribution >= 4 is 11.6 Å². The van der Waals surface area contributed by atoms with Gasteiger partial charge in [0.05, 0.1) is 13.2 Å². The molecule has 14 heavy (non-hydrogen) atoms. The molecule has 0 N–H and O–H groups in total. The lowest BCUT2D eigenvalue weighted by Gasteiger charge is -2.04. The number of rotatable bonds is 6. The number of alkyl halides is 1. The normalized spacial score (nSPS) is 10.1. The van der Waals surface area contributed by atoms with Crippen LogP contribution in [0.15, 0.2) is 42.5 Å². The summed E-state index contributed by atoms with van der Waals surface area (Å²) >= 11 is 5.59. The Morgan fingerprint density at radius 3 is 2.64 bits per heavy atom. The molecule has 0 unspecified atom stereocenters. The number of hydrogen-bond acceptors (Lipinski definition) is 1. The van der Waals surface area contributed by atoms with Crippen LogP contribution in [0.5, 0.6) is 0 Å². The van der Waals surface area contributed by atoms with Crippen molar-refractivity contribution in [2.45, 2.75) is 13.0 Å². The van der Waals surface area contributed by atoms with Crippen molar-refractivity contribution < 1.29 is 4.74 Å². The van der Waals surface area contributed by atoms with Crippen molar-refractivity contribution in [3.8, 4) is 0 Å². The van der Waals surface area contributed by atoms with E-state index in [9.17, 15) is 0 Å². The van der Waals surface area contributed by atoms with Gasteiger partial charge in [0.1, 0.15) is 0 Å². The molecular weight excluding hydrogens is 196 g/mol. The first kappa shape index (κ1) is 11.3. The maximum absolute atomic E-state index is 5.59. The van der Waals surface area contributed by atoms with Crippen molar-refractivity contribution in [2.75, 3.05) is 12.5 Å². The van der Waals surface area contributed by atoms with Crippen molar-refractivity contribution in [1.82, 2.24) is 0 Å². The Morgan fingerprint density at radius 1 is 1.29 bits per heavy atom. The summed E-state index contributed by atoms with van der Waals surface area (Å²) in [5, 5.41) is 0. The highest BCUT2D eigenvalue weighted by atomic mass is 35.5. The molecule has 1 aromatic rings. The third-order valence-electron chi connectivity index (χ3n) is 1.90. The fourth-order valence-corrected chi connectivity index (χ4v) is 1.18. The summed E-state index contributed by atoms with van der Waals surface area (Å²) in [5.41, 5.74) is 2.23. The Hall–Kier alpha value is -0.790. The SMILES string of the molecule is C=C(CCl)CCOCc1ccccc1. The van der Waals surface area contributed by atoms with Crippen LogP contribution in [0.2, 0.25) is 0 Å². The summed E-state index contributed by atoms with van der Waals surface area (Å²) in [5.74, 6) is 0.523. The molecule has 0 bridgehead atoms. The highest BCUT2D eigenvalue weighted by Gasteiger charge is 1.94. The monoisotopic (exact) mass is 210 g/mol. The van der Waals surface area contributed by atoms with Crippen molar-refractivity contribution in [3.63, 3.8) is 0 Å². The van der Waals surface area contributed by atoms with E-state index in [1.165, 1.54) is 5.56 Å². The molecule has 0 atom stereocenters. The Bertz CT molecular complexity index is 269. The number of halogens is 1. The second kappa shape index (κ2) is 6.63. The molecule has 0 amide bonds. The molecule has 0 radical (unpaired) electrons. The number of benzene rings is 1. The lowest BCUT2D eigenvalue weighted by atomic mass is 10.2. The van der Waals surface area contributed by atoms with Gasteiger partial charge in [-0.2, -0.15) is 0 Å². The number of hydrogen-bond donors (Lipinski definition) is 0. The van der Waals surface area contributed by atoms with Crippen LogP contribution in [0.25, 0.3) is 0 Å². The molecule has 1 rings (SSSR count). The fraction of sp³-hybridized carbons (Fsp3) is 0.333. The molecule has 2 heteroatoms. The van der Waals surface area contributed by atoms with Gasteiger partial charge < -0.3 is 4.74 Å². The van der Waals surface area contributed by atoms with Crippen LogP contribution in [-0.4, -0.2) is 12.5 Å². The van der Waals surface area contributed by atoms with Gasteiger partial charge in [0.2, 0.25) is 0 Å². The predicted octanol–water partition coefficient (Wildman–Crippen LogP) is 3.39. The summed E-state index contributed by atoms with van der Waals surface area (Å²) < 4.78 is 5.47. The molecule has 0 aliphatic heterocycles. The molecule has 0 aliphatic rings. The van der Waals surface area contributed by atoms with Crippen LogP contribution >= 0.6 is 11.6 Å². The van der Waals surface area contributed by atoms with E-state index in [0.29, 0.717) is 19.1 Å². The Labute approximate surface area is 90.3 Å². The lowest BCUT2D eigenvalue weighted by molar-refractivity contribution is 0.124. The summed E-state index contributed by atoms with van der Waals surface area (Å²) in [6.07, 6.45) is 0.844. The van der Waals surface area contributed by atoms with Gasteiger partial charge in [-0.15, -0.1) is 11.6 Å². The Kier molecular flexibility index (Phi) is 5.35. The second-order valence-electron chi connectivity index (χ2n) is 3.17. The van der Waals surface area contributed by atoms with Gasteiger partial charge in [0.25, 0.3) is 0 Å². The average molecular weight is 211 g/mol. The first-order valence-corrected chi connectivity index (χ1v) is 5.20. The zero-order valence-corrected chi connectivity index (χ0v) is 8.96.